The van der Waals surface area contributed by atoms with Crippen molar-refractivity contribution in [1.29, 1.82) is 0 Å². The van der Waals surface area contributed by atoms with Crippen LogP contribution in [0.4, 0.5) is 4.79 Å². The van der Waals surface area contributed by atoms with Crippen LogP contribution in [0.15, 0.2) is 11.6 Å². The van der Waals surface area contributed by atoms with E-state index in [9.17, 15) is 14.4 Å². The number of primary amides is 1. The fourth-order valence-electron chi connectivity index (χ4n) is 0.787. The average Bonchev–Trinajstić information content (AvgIpc) is 2.12. The SMILES string of the molecule is C=C(Cl)CNC(=O)N[C@H](CC(N)=O)C(=O)O. The van der Waals surface area contributed by atoms with Gasteiger partial charge in [0.2, 0.25) is 5.91 Å². The van der Waals surface area contributed by atoms with Gasteiger partial charge in [-0.1, -0.05) is 18.2 Å². The van der Waals surface area contributed by atoms with Gasteiger partial charge in [0.1, 0.15) is 6.04 Å². The van der Waals surface area contributed by atoms with Crippen LogP contribution >= 0.6 is 11.6 Å². The van der Waals surface area contributed by atoms with Crippen molar-refractivity contribution in [3.05, 3.63) is 11.6 Å². The van der Waals surface area contributed by atoms with Crippen LogP contribution in [0.3, 0.4) is 0 Å². The van der Waals surface area contributed by atoms with E-state index >= 15 is 0 Å². The molecule has 1 atom stereocenters. The van der Waals surface area contributed by atoms with E-state index in [0.717, 1.165) is 0 Å². The number of nitrogens with two attached hydrogens (primary N) is 1. The van der Waals surface area contributed by atoms with E-state index in [1.165, 1.54) is 0 Å². The highest BCUT2D eigenvalue weighted by Gasteiger charge is 2.21. The van der Waals surface area contributed by atoms with Crippen LogP contribution < -0.4 is 16.4 Å². The summed E-state index contributed by atoms with van der Waals surface area (Å²) in [6, 6.07) is -2.13. The molecular weight excluding hydrogens is 238 g/mol. The minimum Gasteiger partial charge on any atom is -0.480 e. The first-order valence-corrected chi connectivity index (χ1v) is 4.59. The summed E-state index contributed by atoms with van der Waals surface area (Å²) in [5.74, 6) is -2.17. The number of hydrogen-bond acceptors (Lipinski definition) is 3. The topological polar surface area (TPSA) is 122 Å². The molecule has 0 fully saturated rings. The third-order valence-electron chi connectivity index (χ3n) is 1.45. The Bertz CT molecular complexity index is 318. The van der Waals surface area contributed by atoms with Gasteiger partial charge in [-0.15, -0.1) is 0 Å². The minimum atomic E-state index is -1.36. The van der Waals surface area contributed by atoms with Gasteiger partial charge in [-0.25, -0.2) is 9.59 Å². The maximum atomic E-state index is 11.1. The van der Waals surface area contributed by atoms with Crippen LogP contribution in [0.2, 0.25) is 0 Å². The molecule has 90 valence electrons. The second-order valence-electron chi connectivity index (χ2n) is 2.91. The molecule has 16 heavy (non-hydrogen) atoms. The first-order valence-electron chi connectivity index (χ1n) is 4.21. The van der Waals surface area contributed by atoms with Crippen molar-refractivity contribution in [2.45, 2.75) is 12.5 Å². The molecule has 7 nitrogen and oxygen atoms in total. The van der Waals surface area contributed by atoms with E-state index in [4.69, 9.17) is 22.4 Å². The van der Waals surface area contributed by atoms with Crippen LogP contribution in [0.5, 0.6) is 0 Å². The highest BCUT2D eigenvalue weighted by molar-refractivity contribution is 6.29. The van der Waals surface area contributed by atoms with Crippen molar-refractivity contribution in [2.75, 3.05) is 6.54 Å². The van der Waals surface area contributed by atoms with Gasteiger partial charge in [0.15, 0.2) is 0 Å². The maximum Gasteiger partial charge on any atom is 0.326 e. The molecule has 0 rings (SSSR count). The molecule has 0 radical (unpaired) electrons. The first-order chi connectivity index (χ1) is 7.32. The summed E-state index contributed by atoms with van der Waals surface area (Å²) in [4.78, 5) is 32.2. The molecule has 0 aliphatic heterocycles. The molecule has 0 spiro atoms. The van der Waals surface area contributed by atoms with E-state index in [1.807, 2.05) is 0 Å². The number of amides is 3. The molecule has 0 aliphatic carbocycles. The summed E-state index contributed by atoms with van der Waals surface area (Å²) < 4.78 is 0. The molecule has 0 aromatic heterocycles. The van der Waals surface area contributed by atoms with Crippen LogP contribution in [-0.4, -0.2) is 35.6 Å². The number of carboxylic acids is 1. The highest BCUT2D eigenvalue weighted by Crippen LogP contribution is 1.94. The number of halogens is 1. The van der Waals surface area contributed by atoms with E-state index < -0.39 is 30.4 Å². The lowest BCUT2D eigenvalue weighted by Crippen LogP contribution is -2.47. The van der Waals surface area contributed by atoms with Crippen molar-refractivity contribution in [3.63, 3.8) is 0 Å². The second kappa shape index (κ2) is 6.67. The number of carboxylic acid groups (broad SMARTS) is 1. The average molecular weight is 250 g/mol. The van der Waals surface area contributed by atoms with Crippen molar-refractivity contribution in [2.24, 2.45) is 5.73 Å². The van der Waals surface area contributed by atoms with E-state index in [-0.39, 0.29) is 11.6 Å². The predicted octanol–water partition coefficient (Wildman–Crippen LogP) is -0.633. The number of hydrogen-bond donors (Lipinski definition) is 4. The number of carbonyl (C=O) groups is 3. The van der Waals surface area contributed by atoms with Gasteiger partial charge < -0.3 is 21.5 Å². The third-order valence-corrected chi connectivity index (χ3v) is 1.58. The van der Waals surface area contributed by atoms with E-state index in [0.29, 0.717) is 0 Å². The lowest BCUT2D eigenvalue weighted by atomic mass is 10.2. The number of aliphatic carboxylic acids is 1. The maximum absolute atomic E-state index is 11.1. The molecule has 5 N–H and O–H groups in total. The number of nitrogens with one attached hydrogen (secondary N) is 2. The summed E-state index contributed by atoms with van der Waals surface area (Å²) in [6.07, 6.45) is -0.482. The first kappa shape index (κ1) is 14.2. The normalized spacial score (nSPS) is 11.3. The second-order valence-corrected chi connectivity index (χ2v) is 3.44. The quantitative estimate of drug-likeness (QED) is 0.500. The minimum absolute atomic E-state index is 0.00367. The number of rotatable bonds is 6. The Kier molecular flexibility index (Phi) is 5.94. The van der Waals surface area contributed by atoms with Crippen molar-refractivity contribution >= 4 is 29.5 Å². The fourth-order valence-corrected chi connectivity index (χ4v) is 0.854. The number of carbonyl (C=O) groups excluding carboxylic acids is 2. The Hall–Kier alpha value is -1.76. The van der Waals surface area contributed by atoms with Crippen LogP contribution in [0, 0.1) is 0 Å². The number of urea groups is 1. The van der Waals surface area contributed by atoms with Crippen LogP contribution in [-0.2, 0) is 9.59 Å². The summed E-state index contributed by atoms with van der Waals surface area (Å²) in [7, 11) is 0. The molecule has 0 aliphatic rings. The largest absolute Gasteiger partial charge is 0.480 e. The van der Waals surface area contributed by atoms with Gasteiger partial charge in [-0.05, 0) is 0 Å². The smallest absolute Gasteiger partial charge is 0.326 e. The zero-order valence-electron chi connectivity index (χ0n) is 8.33. The van der Waals surface area contributed by atoms with Crippen molar-refractivity contribution in [3.8, 4) is 0 Å². The molecule has 0 aromatic carbocycles. The summed E-state index contributed by atoms with van der Waals surface area (Å²) >= 11 is 5.38. The zero-order chi connectivity index (χ0) is 12.7. The molecule has 0 bridgehead atoms. The Morgan fingerprint density at radius 2 is 2.00 bits per heavy atom. The van der Waals surface area contributed by atoms with E-state index in [1.54, 1.807) is 0 Å². The molecule has 0 unspecified atom stereocenters. The predicted molar refractivity (Wildman–Crippen MR) is 56.8 cm³/mol. The molecule has 0 saturated carbocycles. The van der Waals surface area contributed by atoms with E-state index in [2.05, 4.69) is 17.2 Å². The molecule has 0 saturated heterocycles. The van der Waals surface area contributed by atoms with Gasteiger partial charge in [0.05, 0.1) is 13.0 Å². The lowest BCUT2D eigenvalue weighted by molar-refractivity contribution is -0.140. The summed E-state index contributed by atoms with van der Waals surface area (Å²) in [6.45, 7) is 3.32. The molecule has 8 heteroatoms. The Morgan fingerprint density at radius 1 is 1.44 bits per heavy atom. The molecule has 3 amide bonds. The van der Waals surface area contributed by atoms with Gasteiger partial charge >= 0.3 is 12.0 Å². The highest BCUT2D eigenvalue weighted by atomic mass is 35.5. The summed E-state index contributed by atoms with van der Waals surface area (Å²) in [5, 5.41) is 13.1. The Labute approximate surface area is 96.6 Å². The van der Waals surface area contributed by atoms with Crippen LogP contribution in [0.25, 0.3) is 0 Å². The third kappa shape index (κ3) is 6.66. The van der Waals surface area contributed by atoms with Gasteiger partial charge in [-0.3, -0.25) is 4.79 Å². The Balaban J connectivity index is 4.18. The Morgan fingerprint density at radius 3 is 2.38 bits per heavy atom. The van der Waals surface area contributed by atoms with Crippen LogP contribution in [0.1, 0.15) is 6.42 Å². The fraction of sp³-hybridized carbons (Fsp3) is 0.375. The monoisotopic (exact) mass is 249 g/mol. The molecule has 0 aromatic rings. The van der Waals surface area contributed by atoms with Gasteiger partial charge in [0, 0.05) is 5.03 Å². The van der Waals surface area contributed by atoms with Gasteiger partial charge in [0.25, 0.3) is 0 Å². The molecule has 0 heterocycles. The lowest BCUT2D eigenvalue weighted by Gasteiger charge is -2.13. The summed E-state index contributed by atoms with van der Waals surface area (Å²) in [5.41, 5.74) is 4.82. The molecular formula is C8H12ClN3O4. The zero-order valence-corrected chi connectivity index (χ0v) is 9.08. The van der Waals surface area contributed by atoms with Gasteiger partial charge in [-0.2, -0.15) is 0 Å². The van der Waals surface area contributed by atoms with Crippen molar-refractivity contribution < 1.29 is 19.5 Å². The van der Waals surface area contributed by atoms with Crippen molar-refractivity contribution in [1.82, 2.24) is 10.6 Å². The standard InChI is InChI=1S/C8H12ClN3O4/c1-4(9)3-11-8(16)12-5(7(14)15)2-6(10)13/h5H,1-3H2,(H2,10,13)(H,14,15)(H2,11,12,16)/t5-/m1/s1.